The average Bonchev–Trinajstić information content (AvgIpc) is 2.51. The van der Waals surface area contributed by atoms with E-state index in [-0.39, 0.29) is 47.2 Å². The van der Waals surface area contributed by atoms with Gasteiger partial charge in [0.15, 0.2) is 19.7 Å². The summed E-state index contributed by atoms with van der Waals surface area (Å²) in [5.74, 6) is 0.476. The van der Waals surface area contributed by atoms with E-state index in [9.17, 15) is 16.8 Å². The predicted molar refractivity (Wildman–Crippen MR) is 58.7 cm³/mol. The molecule has 3 fully saturated rings. The Morgan fingerprint density at radius 3 is 1.12 bits per heavy atom. The second-order valence-corrected chi connectivity index (χ2v) is 9.22. The highest BCUT2D eigenvalue weighted by Crippen LogP contribution is 2.23. The van der Waals surface area contributed by atoms with Crippen LogP contribution < -0.4 is 10.6 Å². The van der Waals surface area contributed by atoms with Crippen molar-refractivity contribution in [3.05, 3.63) is 0 Å². The summed E-state index contributed by atoms with van der Waals surface area (Å²) in [6.07, 6.45) is 0. The Kier molecular flexibility index (Phi) is 2.18. The zero-order valence-electron chi connectivity index (χ0n) is 8.59. The van der Waals surface area contributed by atoms with Crippen LogP contribution in [0.2, 0.25) is 0 Å². The topological polar surface area (TPSA) is 92.3 Å². The summed E-state index contributed by atoms with van der Waals surface area (Å²) in [6.45, 7) is 0. The van der Waals surface area contributed by atoms with Crippen LogP contribution in [-0.4, -0.2) is 64.0 Å². The van der Waals surface area contributed by atoms with Crippen LogP contribution >= 0.6 is 0 Å². The minimum absolute atomic E-state index is 0.119. The van der Waals surface area contributed by atoms with Crippen LogP contribution in [-0.2, 0) is 19.7 Å². The highest BCUT2D eigenvalue weighted by Gasteiger charge is 2.49. The lowest BCUT2D eigenvalue weighted by Crippen LogP contribution is -2.65. The molecule has 0 aromatic heterocycles. The molecule has 2 N–H and O–H groups in total. The SMILES string of the molecule is O=S1(=O)C[C@@H]2N[C@@H]3CS(=O)(=O)C[C@H]3N[C@H]2C1. The van der Waals surface area contributed by atoms with Gasteiger partial charge in [0.25, 0.3) is 0 Å². The van der Waals surface area contributed by atoms with Gasteiger partial charge in [0.1, 0.15) is 0 Å². The molecule has 0 aromatic carbocycles. The third kappa shape index (κ3) is 1.77. The normalized spacial score (nSPS) is 48.5. The molecule has 8 heteroatoms. The Labute approximate surface area is 94.6 Å². The van der Waals surface area contributed by atoms with Crippen LogP contribution in [0.15, 0.2) is 0 Å². The molecule has 6 nitrogen and oxygen atoms in total. The predicted octanol–water partition coefficient (Wildman–Crippen LogP) is -2.49. The number of sulfone groups is 2. The Hall–Kier alpha value is -0.180. The number of hydrogen-bond acceptors (Lipinski definition) is 6. The summed E-state index contributed by atoms with van der Waals surface area (Å²) in [6, 6.07) is -0.502. The van der Waals surface area contributed by atoms with E-state index in [0.29, 0.717) is 0 Å². The minimum Gasteiger partial charge on any atom is -0.306 e. The van der Waals surface area contributed by atoms with Gasteiger partial charge in [-0.3, -0.25) is 0 Å². The van der Waals surface area contributed by atoms with Gasteiger partial charge >= 0.3 is 0 Å². The fraction of sp³-hybridized carbons (Fsp3) is 1.00. The zero-order chi connectivity index (χ0) is 11.6. The molecule has 92 valence electrons. The molecule has 0 bridgehead atoms. The van der Waals surface area contributed by atoms with E-state index in [4.69, 9.17) is 0 Å². The lowest BCUT2D eigenvalue weighted by atomic mass is 10.0. The van der Waals surface area contributed by atoms with E-state index in [1.54, 1.807) is 0 Å². The highest BCUT2D eigenvalue weighted by atomic mass is 32.2. The first-order valence-corrected chi connectivity index (χ1v) is 8.92. The van der Waals surface area contributed by atoms with E-state index in [1.807, 2.05) is 0 Å². The molecule has 0 saturated carbocycles. The van der Waals surface area contributed by atoms with E-state index >= 15 is 0 Å². The molecule has 4 atom stereocenters. The smallest absolute Gasteiger partial charge is 0.153 e. The largest absolute Gasteiger partial charge is 0.306 e. The molecule has 3 aliphatic rings. The van der Waals surface area contributed by atoms with Gasteiger partial charge in [-0.15, -0.1) is 0 Å². The number of fused-ring (bicyclic) bond motifs is 2. The van der Waals surface area contributed by atoms with Crippen LogP contribution in [0.25, 0.3) is 0 Å². The Bertz CT molecular complexity index is 432. The van der Waals surface area contributed by atoms with E-state index < -0.39 is 19.7 Å². The first kappa shape index (κ1) is 10.9. The molecule has 0 spiro atoms. The van der Waals surface area contributed by atoms with Crippen molar-refractivity contribution >= 4 is 19.7 Å². The number of hydrogen-bond donors (Lipinski definition) is 2. The number of rotatable bonds is 0. The molecule has 0 radical (unpaired) electrons. The maximum atomic E-state index is 11.4. The number of nitrogens with one attached hydrogen (secondary N) is 2. The summed E-state index contributed by atoms with van der Waals surface area (Å²) >= 11 is 0. The number of piperazine rings is 1. The first-order chi connectivity index (χ1) is 7.35. The van der Waals surface area contributed by atoms with Gasteiger partial charge in [-0.25, -0.2) is 16.8 Å². The molecule has 3 aliphatic heterocycles. The van der Waals surface area contributed by atoms with E-state index in [0.717, 1.165) is 0 Å². The molecule has 0 amide bonds. The standard InChI is InChI=1S/C8H14N2O4S2/c11-15(12)1-5-6(2-15)10-8-4-16(13,14)3-7(8)9-5/h5-10H,1-4H2/t5-,6-,7+,8+. The van der Waals surface area contributed by atoms with Crippen molar-refractivity contribution < 1.29 is 16.8 Å². The Balaban J connectivity index is 1.83. The quantitative estimate of drug-likeness (QED) is 0.504. The van der Waals surface area contributed by atoms with Crippen molar-refractivity contribution in [3.63, 3.8) is 0 Å². The molecule has 16 heavy (non-hydrogen) atoms. The van der Waals surface area contributed by atoms with Crippen LogP contribution in [0.4, 0.5) is 0 Å². The fourth-order valence-corrected chi connectivity index (χ4v) is 6.68. The first-order valence-electron chi connectivity index (χ1n) is 5.28. The lowest BCUT2D eigenvalue weighted by Gasteiger charge is -2.35. The monoisotopic (exact) mass is 266 g/mol. The van der Waals surface area contributed by atoms with E-state index in [2.05, 4.69) is 10.6 Å². The van der Waals surface area contributed by atoms with Crippen LogP contribution in [0.3, 0.4) is 0 Å². The van der Waals surface area contributed by atoms with Crippen LogP contribution in [0.5, 0.6) is 0 Å². The average molecular weight is 266 g/mol. The zero-order valence-corrected chi connectivity index (χ0v) is 10.2. The van der Waals surface area contributed by atoms with Gasteiger partial charge < -0.3 is 10.6 Å². The summed E-state index contributed by atoms with van der Waals surface area (Å²) in [5, 5.41) is 6.34. The second kappa shape index (κ2) is 3.18. The van der Waals surface area contributed by atoms with Gasteiger partial charge in [-0.05, 0) is 0 Å². The van der Waals surface area contributed by atoms with Crippen molar-refractivity contribution in [2.45, 2.75) is 24.2 Å². The minimum atomic E-state index is -2.96. The summed E-state index contributed by atoms with van der Waals surface area (Å²) in [4.78, 5) is 0. The van der Waals surface area contributed by atoms with Gasteiger partial charge in [0, 0.05) is 24.2 Å². The fourth-order valence-electron chi connectivity index (χ4n) is 2.90. The molecular weight excluding hydrogens is 252 g/mol. The third-order valence-corrected chi connectivity index (χ3v) is 7.03. The van der Waals surface area contributed by atoms with E-state index in [1.165, 1.54) is 0 Å². The van der Waals surface area contributed by atoms with Gasteiger partial charge in [0.2, 0.25) is 0 Å². The van der Waals surface area contributed by atoms with Crippen LogP contribution in [0, 0.1) is 0 Å². The lowest BCUT2D eigenvalue weighted by molar-refractivity contribution is 0.276. The second-order valence-electron chi connectivity index (χ2n) is 4.91. The maximum absolute atomic E-state index is 11.4. The molecule has 3 rings (SSSR count). The Morgan fingerprint density at radius 1 is 0.625 bits per heavy atom. The summed E-state index contributed by atoms with van der Waals surface area (Å²) in [7, 11) is -5.93. The van der Waals surface area contributed by atoms with Gasteiger partial charge in [-0.1, -0.05) is 0 Å². The Morgan fingerprint density at radius 2 is 0.875 bits per heavy atom. The van der Waals surface area contributed by atoms with Crippen molar-refractivity contribution in [3.8, 4) is 0 Å². The summed E-state index contributed by atoms with van der Waals surface area (Å²) < 4.78 is 45.8. The highest BCUT2D eigenvalue weighted by molar-refractivity contribution is 7.92. The molecule has 0 unspecified atom stereocenters. The molecule has 0 aromatic rings. The summed E-state index contributed by atoms with van der Waals surface area (Å²) in [5.41, 5.74) is 0. The molecular formula is C8H14N2O4S2. The third-order valence-electron chi connectivity index (χ3n) is 3.56. The van der Waals surface area contributed by atoms with Crippen molar-refractivity contribution in [2.24, 2.45) is 0 Å². The van der Waals surface area contributed by atoms with Crippen molar-refractivity contribution in [2.75, 3.05) is 23.0 Å². The van der Waals surface area contributed by atoms with Crippen molar-refractivity contribution in [1.29, 1.82) is 0 Å². The van der Waals surface area contributed by atoms with Gasteiger partial charge in [0.05, 0.1) is 23.0 Å². The van der Waals surface area contributed by atoms with Gasteiger partial charge in [-0.2, -0.15) is 0 Å². The van der Waals surface area contributed by atoms with Crippen molar-refractivity contribution in [1.82, 2.24) is 10.6 Å². The molecule has 3 saturated heterocycles. The molecule has 0 aliphatic carbocycles. The van der Waals surface area contributed by atoms with Crippen LogP contribution in [0.1, 0.15) is 0 Å². The molecule has 3 heterocycles. The maximum Gasteiger partial charge on any atom is 0.153 e.